The van der Waals surface area contributed by atoms with E-state index < -0.39 is 18.0 Å². The van der Waals surface area contributed by atoms with Crippen LogP contribution in [0.1, 0.15) is 25.5 Å². The van der Waals surface area contributed by atoms with Crippen molar-refractivity contribution in [3.63, 3.8) is 0 Å². The molecular weight excluding hydrogens is 387 g/mol. The molecule has 2 atom stereocenters. The Balaban J connectivity index is 1.86. The quantitative estimate of drug-likeness (QED) is 0.736. The summed E-state index contributed by atoms with van der Waals surface area (Å²) in [7, 11) is 0. The highest BCUT2D eigenvalue weighted by atomic mass is 35.5. The first-order chi connectivity index (χ1) is 11.8. The number of rotatable bonds is 6. The fourth-order valence-corrected chi connectivity index (χ4v) is 3.67. The number of nitrogens with zero attached hydrogens (tertiary/aromatic N) is 1. The molecule has 0 saturated carbocycles. The van der Waals surface area contributed by atoms with Gasteiger partial charge in [0.2, 0.25) is 0 Å². The second-order valence-electron chi connectivity index (χ2n) is 5.56. The highest BCUT2D eigenvalue weighted by molar-refractivity contribution is 8.13. The molecule has 0 unspecified atom stereocenters. The summed E-state index contributed by atoms with van der Waals surface area (Å²) in [5.74, 6) is -0.411. The van der Waals surface area contributed by atoms with Gasteiger partial charge in [-0.05, 0) is 31.5 Å². The van der Waals surface area contributed by atoms with Gasteiger partial charge >= 0.3 is 5.97 Å². The van der Waals surface area contributed by atoms with Gasteiger partial charge < -0.3 is 15.0 Å². The highest BCUT2D eigenvalue weighted by Crippen LogP contribution is 2.26. The van der Waals surface area contributed by atoms with Crippen molar-refractivity contribution in [2.24, 2.45) is 0 Å². The van der Waals surface area contributed by atoms with Gasteiger partial charge in [-0.1, -0.05) is 41.0 Å². The number of ether oxygens (including phenoxy) is 1. The Labute approximate surface area is 160 Å². The van der Waals surface area contributed by atoms with E-state index in [2.05, 4.69) is 5.32 Å². The molecule has 1 aliphatic heterocycles. The molecule has 0 bridgehead atoms. The number of hydrogen-bond donors (Lipinski definition) is 1. The van der Waals surface area contributed by atoms with Crippen LogP contribution in [0.4, 0.5) is 4.79 Å². The minimum Gasteiger partial charge on any atom is -0.451 e. The average molecular weight is 405 g/mol. The maximum absolute atomic E-state index is 12.2. The number of carbonyl (C=O) groups is 3. The third kappa shape index (κ3) is 5.52. The van der Waals surface area contributed by atoms with E-state index in [1.54, 1.807) is 25.1 Å². The Morgan fingerprint density at radius 3 is 2.68 bits per heavy atom. The molecule has 1 N–H and O–H groups in total. The van der Waals surface area contributed by atoms with Gasteiger partial charge in [0.1, 0.15) is 6.54 Å². The van der Waals surface area contributed by atoms with E-state index in [1.165, 1.54) is 11.8 Å². The number of amides is 2. The van der Waals surface area contributed by atoms with Crippen molar-refractivity contribution in [1.82, 2.24) is 10.2 Å². The molecule has 1 heterocycles. The molecule has 2 rings (SSSR count). The minimum absolute atomic E-state index is 0.151. The maximum atomic E-state index is 12.2. The van der Waals surface area contributed by atoms with Crippen molar-refractivity contribution in [3.8, 4) is 0 Å². The first-order valence-corrected chi connectivity index (χ1v) is 9.38. The summed E-state index contributed by atoms with van der Waals surface area (Å²) in [5, 5.41) is 3.53. The second kappa shape index (κ2) is 8.78. The van der Waals surface area contributed by atoms with Crippen LogP contribution in [-0.2, 0) is 14.3 Å². The van der Waals surface area contributed by atoms with E-state index in [-0.39, 0.29) is 17.8 Å². The molecule has 0 aliphatic carbocycles. The van der Waals surface area contributed by atoms with E-state index in [4.69, 9.17) is 27.9 Å². The van der Waals surface area contributed by atoms with Crippen LogP contribution in [0.2, 0.25) is 10.0 Å². The SMILES string of the molecule is C[C@H](OC(=O)CN1CCSC1=O)C(=O)N[C@H](C)c1ccc(Cl)cc1Cl. The van der Waals surface area contributed by atoms with Crippen molar-refractivity contribution in [2.45, 2.75) is 26.0 Å². The number of carbonyl (C=O) groups excluding carboxylic acids is 3. The van der Waals surface area contributed by atoms with Crippen LogP contribution >= 0.6 is 35.0 Å². The zero-order valence-electron chi connectivity index (χ0n) is 13.8. The lowest BCUT2D eigenvalue weighted by Crippen LogP contribution is -2.39. The van der Waals surface area contributed by atoms with Crippen molar-refractivity contribution in [2.75, 3.05) is 18.8 Å². The van der Waals surface area contributed by atoms with Gasteiger partial charge in [-0.15, -0.1) is 0 Å². The zero-order valence-corrected chi connectivity index (χ0v) is 16.1. The molecule has 1 fully saturated rings. The molecule has 6 nitrogen and oxygen atoms in total. The second-order valence-corrected chi connectivity index (χ2v) is 7.45. The van der Waals surface area contributed by atoms with Gasteiger partial charge in [-0.25, -0.2) is 0 Å². The lowest BCUT2D eigenvalue weighted by molar-refractivity contribution is -0.155. The highest BCUT2D eigenvalue weighted by Gasteiger charge is 2.26. The summed E-state index contributed by atoms with van der Waals surface area (Å²) in [6, 6.07) is 4.62. The fourth-order valence-electron chi connectivity index (χ4n) is 2.27. The van der Waals surface area contributed by atoms with Crippen molar-refractivity contribution in [1.29, 1.82) is 0 Å². The molecule has 0 spiro atoms. The maximum Gasteiger partial charge on any atom is 0.326 e. The van der Waals surface area contributed by atoms with Crippen LogP contribution in [0.15, 0.2) is 18.2 Å². The number of benzene rings is 1. The Hall–Kier alpha value is -1.44. The summed E-state index contributed by atoms with van der Waals surface area (Å²) < 4.78 is 5.10. The van der Waals surface area contributed by atoms with Gasteiger partial charge in [-0.2, -0.15) is 0 Å². The van der Waals surface area contributed by atoms with Crippen LogP contribution in [0.5, 0.6) is 0 Å². The standard InChI is InChI=1S/C16H18Cl2N2O4S/c1-9(12-4-3-11(17)7-13(12)18)19-15(22)10(2)24-14(21)8-20-5-6-25-16(20)23/h3-4,7,9-10H,5-6,8H2,1-2H3,(H,19,22)/t9-,10+/m1/s1. The molecule has 1 aromatic carbocycles. The molecule has 9 heteroatoms. The summed E-state index contributed by atoms with van der Waals surface area (Å²) in [5.41, 5.74) is 0.706. The molecule has 1 aromatic rings. The third-order valence-corrected chi connectivity index (χ3v) is 5.08. The monoisotopic (exact) mass is 404 g/mol. The average Bonchev–Trinajstić information content (AvgIpc) is 2.91. The third-order valence-electron chi connectivity index (χ3n) is 3.63. The number of esters is 1. The molecular formula is C16H18Cl2N2O4S. The van der Waals surface area contributed by atoms with Crippen LogP contribution in [0, 0.1) is 0 Å². The predicted octanol–water partition coefficient (Wildman–Crippen LogP) is 3.27. The molecule has 136 valence electrons. The lowest BCUT2D eigenvalue weighted by Gasteiger charge is -2.20. The molecule has 0 aromatic heterocycles. The van der Waals surface area contributed by atoms with Gasteiger partial charge in [0.25, 0.3) is 11.1 Å². The van der Waals surface area contributed by atoms with Gasteiger partial charge in [0.05, 0.1) is 6.04 Å². The lowest BCUT2D eigenvalue weighted by atomic mass is 10.1. The minimum atomic E-state index is -0.980. The Morgan fingerprint density at radius 2 is 2.08 bits per heavy atom. The fraction of sp³-hybridized carbons (Fsp3) is 0.438. The smallest absolute Gasteiger partial charge is 0.326 e. The topological polar surface area (TPSA) is 75.7 Å². The van der Waals surface area contributed by atoms with E-state index in [9.17, 15) is 14.4 Å². The molecule has 0 radical (unpaired) electrons. The zero-order chi connectivity index (χ0) is 18.6. The molecule has 1 aliphatic rings. The van der Waals surface area contributed by atoms with Crippen LogP contribution < -0.4 is 5.32 Å². The Morgan fingerprint density at radius 1 is 1.36 bits per heavy atom. The van der Waals surface area contributed by atoms with Crippen LogP contribution in [0.3, 0.4) is 0 Å². The van der Waals surface area contributed by atoms with Crippen molar-refractivity contribution < 1.29 is 19.1 Å². The summed E-state index contributed by atoms with van der Waals surface area (Å²) in [6.45, 7) is 3.60. The van der Waals surface area contributed by atoms with Crippen LogP contribution in [-0.4, -0.2) is 47.0 Å². The number of halogens is 2. The van der Waals surface area contributed by atoms with Crippen molar-refractivity contribution >= 4 is 52.1 Å². The largest absolute Gasteiger partial charge is 0.451 e. The van der Waals surface area contributed by atoms with Gasteiger partial charge in [-0.3, -0.25) is 14.4 Å². The van der Waals surface area contributed by atoms with Gasteiger partial charge in [0.15, 0.2) is 6.10 Å². The molecule has 25 heavy (non-hydrogen) atoms. The number of nitrogens with one attached hydrogen (secondary N) is 1. The van der Waals surface area contributed by atoms with Crippen molar-refractivity contribution in [3.05, 3.63) is 33.8 Å². The van der Waals surface area contributed by atoms with Crippen LogP contribution in [0.25, 0.3) is 0 Å². The first kappa shape index (κ1) is 19.9. The summed E-state index contributed by atoms with van der Waals surface area (Å²) in [4.78, 5) is 36.9. The van der Waals surface area contributed by atoms with E-state index in [0.29, 0.717) is 27.9 Å². The molecule has 1 saturated heterocycles. The Bertz CT molecular complexity index is 686. The number of hydrogen-bond acceptors (Lipinski definition) is 5. The summed E-state index contributed by atoms with van der Waals surface area (Å²) in [6.07, 6.45) is -0.980. The number of thioether (sulfide) groups is 1. The summed E-state index contributed by atoms with van der Waals surface area (Å²) >= 11 is 13.1. The van der Waals surface area contributed by atoms with Gasteiger partial charge in [0, 0.05) is 22.3 Å². The Kier molecular flexibility index (Phi) is 6.98. The predicted molar refractivity (Wildman–Crippen MR) is 98.0 cm³/mol. The van der Waals surface area contributed by atoms with E-state index in [0.717, 1.165) is 11.8 Å². The van der Waals surface area contributed by atoms with E-state index in [1.807, 2.05) is 0 Å². The molecule has 2 amide bonds. The normalized spacial score (nSPS) is 16.5. The first-order valence-electron chi connectivity index (χ1n) is 7.64. The van der Waals surface area contributed by atoms with E-state index >= 15 is 0 Å².